The number of anilines is 2. The fraction of sp³-hybridized carbons (Fsp3) is 0.435. The molecule has 8 heteroatoms. The number of ether oxygens (including phenoxy) is 1. The fourth-order valence-corrected chi connectivity index (χ4v) is 4.36. The minimum absolute atomic E-state index is 0.00617. The number of nitrogens with one attached hydrogen (secondary N) is 1. The van der Waals surface area contributed by atoms with Gasteiger partial charge in [-0.05, 0) is 31.5 Å². The second-order valence-corrected chi connectivity index (χ2v) is 8.62. The number of piperidine rings is 1. The van der Waals surface area contributed by atoms with Crippen molar-refractivity contribution in [2.45, 2.75) is 51.4 Å². The first kappa shape index (κ1) is 20.1. The molecule has 5 heterocycles. The van der Waals surface area contributed by atoms with Crippen molar-refractivity contribution in [1.82, 2.24) is 15.2 Å². The number of aryl methyl sites for hydroxylation is 1. The van der Waals surface area contributed by atoms with Crippen LogP contribution in [0.5, 0.6) is 0 Å². The van der Waals surface area contributed by atoms with E-state index in [4.69, 9.17) is 4.74 Å². The maximum Gasteiger partial charge on any atom is 0.270 e. The first-order chi connectivity index (χ1) is 14.8. The van der Waals surface area contributed by atoms with Gasteiger partial charge >= 0.3 is 0 Å². The second kappa shape index (κ2) is 7.37. The molecule has 1 aromatic carbocycles. The molecule has 3 aromatic rings. The van der Waals surface area contributed by atoms with Crippen molar-refractivity contribution < 1.29 is 13.5 Å². The number of rotatable bonds is 5. The monoisotopic (exact) mass is 425 g/mol. The van der Waals surface area contributed by atoms with E-state index >= 15 is 0 Å². The van der Waals surface area contributed by atoms with Gasteiger partial charge in [-0.25, -0.2) is 8.78 Å². The van der Waals surface area contributed by atoms with E-state index in [0.29, 0.717) is 18.0 Å². The number of aromatic nitrogens is 3. The predicted molar refractivity (Wildman–Crippen MR) is 116 cm³/mol. The van der Waals surface area contributed by atoms with E-state index in [1.807, 2.05) is 26.1 Å². The largest absolute Gasteiger partial charge is 0.371 e. The fourth-order valence-electron chi connectivity index (χ4n) is 4.36. The summed E-state index contributed by atoms with van der Waals surface area (Å²) in [6.07, 6.45) is 3.60. The third-order valence-corrected chi connectivity index (χ3v) is 6.14. The smallest absolute Gasteiger partial charge is 0.270 e. The van der Waals surface area contributed by atoms with Crippen molar-refractivity contribution >= 4 is 22.4 Å². The van der Waals surface area contributed by atoms with Gasteiger partial charge in [0.15, 0.2) is 5.82 Å². The van der Waals surface area contributed by atoms with Crippen LogP contribution in [0.2, 0.25) is 0 Å². The van der Waals surface area contributed by atoms with Gasteiger partial charge in [0.05, 0.1) is 41.3 Å². The number of alkyl halides is 2. The zero-order valence-corrected chi connectivity index (χ0v) is 17.8. The summed E-state index contributed by atoms with van der Waals surface area (Å²) in [5, 5.41) is 12.8. The van der Waals surface area contributed by atoms with Crippen molar-refractivity contribution in [1.29, 1.82) is 0 Å². The SMILES string of the molecule is Cc1nnc(N[C@H](C)c2cccc(C(C)(F)F)c2)c2cc(N3CC4CC(C3)O4)cnc12. The standard InChI is InChI=1S/C23H25F2N5O/c1-13(15-5-4-6-16(7-15)23(3,24)25)27-22-20-8-17(10-26-21(20)14(2)28-29-22)30-11-18-9-19(12-30)31-18/h4-8,10,13,18-19H,9,11-12H2,1-3H3,(H,27,29)/t13-,18?,19?/m1/s1. The van der Waals surface area contributed by atoms with Crippen LogP contribution in [0.15, 0.2) is 36.5 Å². The average Bonchev–Trinajstić information content (AvgIpc) is 2.74. The molecule has 162 valence electrons. The number of benzene rings is 1. The summed E-state index contributed by atoms with van der Waals surface area (Å²) in [7, 11) is 0. The average molecular weight is 425 g/mol. The zero-order chi connectivity index (χ0) is 21.8. The van der Waals surface area contributed by atoms with Crippen LogP contribution in [-0.4, -0.2) is 40.5 Å². The number of hydrogen-bond acceptors (Lipinski definition) is 6. The van der Waals surface area contributed by atoms with Gasteiger partial charge in [0.25, 0.3) is 5.92 Å². The molecule has 0 spiro atoms. The topological polar surface area (TPSA) is 63.2 Å². The molecular formula is C23H25F2N5O. The van der Waals surface area contributed by atoms with Gasteiger partial charge in [-0.2, -0.15) is 5.10 Å². The number of morpholine rings is 1. The molecule has 1 N–H and O–H groups in total. The van der Waals surface area contributed by atoms with Crippen molar-refractivity contribution in [2.75, 3.05) is 23.3 Å². The Labute approximate surface area is 179 Å². The van der Waals surface area contributed by atoms with Gasteiger partial charge in [0.2, 0.25) is 0 Å². The Kier molecular flexibility index (Phi) is 4.77. The number of nitrogens with zero attached hydrogens (tertiary/aromatic N) is 4. The highest BCUT2D eigenvalue weighted by atomic mass is 19.3. The highest BCUT2D eigenvalue weighted by Crippen LogP contribution is 2.34. The molecule has 3 aliphatic heterocycles. The van der Waals surface area contributed by atoms with E-state index in [9.17, 15) is 8.78 Å². The van der Waals surface area contributed by atoms with Crippen molar-refractivity contribution in [3.8, 4) is 0 Å². The number of pyridine rings is 1. The lowest BCUT2D eigenvalue weighted by atomic mass is 9.98. The van der Waals surface area contributed by atoms with Crippen molar-refractivity contribution in [3.63, 3.8) is 0 Å². The number of hydrogen-bond donors (Lipinski definition) is 1. The van der Waals surface area contributed by atoms with Crippen LogP contribution in [0.1, 0.15) is 43.1 Å². The molecule has 2 unspecified atom stereocenters. The minimum Gasteiger partial charge on any atom is -0.371 e. The molecule has 6 nitrogen and oxygen atoms in total. The Balaban J connectivity index is 1.46. The summed E-state index contributed by atoms with van der Waals surface area (Å²) in [5.74, 6) is -2.29. The summed E-state index contributed by atoms with van der Waals surface area (Å²) in [6, 6.07) is 8.32. The van der Waals surface area contributed by atoms with E-state index in [2.05, 4.69) is 31.5 Å². The predicted octanol–water partition coefficient (Wildman–Crippen LogP) is 4.60. The van der Waals surface area contributed by atoms with E-state index in [1.54, 1.807) is 6.07 Å². The molecule has 3 aliphatic rings. The van der Waals surface area contributed by atoms with E-state index in [-0.39, 0.29) is 11.6 Å². The lowest BCUT2D eigenvalue weighted by molar-refractivity contribution is -0.133. The van der Waals surface area contributed by atoms with Gasteiger partial charge in [0.1, 0.15) is 0 Å². The summed E-state index contributed by atoms with van der Waals surface area (Å²) < 4.78 is 33.3. The van der Waals surface area contributed by atoms with Gasteiger partial charge in [-0.3, -0.25) is 4.98 Å². The molecule has 0 amide bonds. The highest BCUT2D eigenvalue weighted by molar-refractivity contribution is 5.92. The summed E-state index contributed by atoms with van der Waals surface area (Å²) in [4.78, 5) is 6.95. The Morgan fingerprint density at radius 3 is 2.65 bits per heavy atom. The third-order valence-electron chi connectivity index (χ3n) is 6.14. The van der Waals surface area contributed by atoms with Crippen LogP contribution in [0, 0.1) is 6.92 Å². The first-order valence-electron chi connectivity index (χ1n) is 10.6. The lowest BCUT2D eigenvalue weighted by Gasteiger charge is -2.47. The minimum atomic E-state index is -2.89. The number of halogens is 2. The summed E-state index contributed by atoms with van der Waals surface area (Å²) in [6.45, 7) is 6.43. The van der Waals surface area contributed by atoms with Gasteiger partial charge in [0, 0.05) is 37.4 Å². The molecule has 2 aromatic heterocycles. The van der Waals surface area contributed by atoms with Crippen LogP contribution >= 0.6 is 0 Å². The summed E-state index contributed by atoms with van der Waals surface area (Å²) >= 11 is 0. The molecule has 3 atom stereocenters. The van der Waals surface area contributed by atoms with Crippen LogP contribution in [0.25, 0.3) is 10.9 Å². The quantitative estimate of drug-likeness (QED) is 0.645. The second-order valence-electron chi connectivity index (χ2n) is 8.62. The maximum atomic E-state index is 13.8. The van der Waals surface area contributed by atoms with Crippen molar-refractivity contribution in [2.24, 2.45) is 0 Å². The Morgan fingerprint density at radius 2 is 1.94 bits per heavy atom. The third kappa shape index (κ3) is 3.80. The molecule has 0 aliphatic carbocycles. The van der Waals surface area contributed by atoms with Gasteiger partial charge in [-0.1, -0.05) is 18.2 Å². The molecule has 6 rings (SSSR count). The summed E-state index contributed by atoms with van der Waals surface area (Å²) in [5.41, 5.74) is 3.31. The van der Waals surface area contributed by atoms with E-state index < -0.39 is 5.92 Å². The molecular weight excluding hydrogens is 400 g/mol. The van der Waals surface area contributed by atoms with Gasteiger partial charge in [-0.15, -0.1) is 5.10 Å². The highest BCUT2D eigenvalue weighted by Gasteiger charge is 2.38. The molecule has 31 heavy (non-hydrogen) atoms. The maximum absolute atomic E-state index is 13.8. The van der Waals surface area contributed by atoms with Crippen LogP contribution in [0.4, 0.5) is 20.3 Å². The van der Waals surface area contributed by atoms with E-state index in [1.165, 1.54) is 12.1 Å². The molecule has 3 fully saturated rings. The molecule has 3 saturated heterocycles. The van der Waals surface area contributed by atoms with Gasteiger partial charge < -0.3 is 15.0 Å². The molecule has 2 bridgehead atoms. The lowest BCUT2D eigenvalue weighted by Crippen LogP contribution is -2.57. The van der Waals surface area contributed by atoms with Crippen LogP contribution in [-0.2, 0) is 10.7 Å². The Morgan fingerprint density at radius 1 is 1.19 bits per heavy atom. The normalized spacial score (nSPS) is 21.6. The van der Waals surface area contributed by atoms with Crippen molar-refractivity contribution in [3.05, 3.63) is 53.3 Å². The molecule has 0 saturated carbocycles. The molecule has 0 radical (unpaired) electrons. The first-order valence-corrected chi connectivity index (χ1v) is 10.6. The van der Waals surface area contributed by atoms with Crippen LogP contribution < -0.4 is 10.2 Å². The Bertz CT molecular complexity index is 1120. The number of fused-ring (bicyclic) bond motifs is 3. The van der Waals surface area contributed by atoms with E-state index in [0.717, 1.165) is 54.3 Å². The van der Waals surface area contributed by atoms with Crippen LogP contribution in [0.3, 0.4) is 0 Å². The zero-order valence-electron chi connectivity index (χ0n) is 17.8. The Hall–Kier alpha value is -2.87.